The Morgan fingerprint density at radius 2 is 1.65 bits per heavy atom. The summed E-state index contributed by atoms with van der Waals surface area (Å²) in [5.41, 5.74) is 2.14. The van der Waals surface area contributed by atoms with Gasteiger partial charge in [-0.2, -0.15) is 0 Å². The summed E-state index contributed by atoms with van der Waals surface area (Å²) in [4.78, 5) is 22.6. The molecule has 0 saturated carbocycles. The van der Waals surface area contributed by atoms with E-state index in [0.717, 1.165) is 11.1 Å². The van der Waals surface area contributed by atoms with Crippen LogP contribution in [-0.4, -0.2) is 32.1 Å². The number of benzene rings is 2. The normalized spacial score (nSPS) is 9.96. The molecule has 0 aliphatic carbocycles. The molecule has 1 amide bonds. The quantitative estimate of drug-likeness (QED) is 0.794. The molecule has 0 atom stereocenters. The summed E-state index contributed by atoms with van der Waals surface area (Å²) < 4.78 is 10.3. The second-order valence-electron chi connectivity index (χ2n) is 4.89. The monoisotopic (exact) mass is 313 g/mol. The van der Waals surface area contributed by atoms with Crippen molar-refractivity contribution in [1.82, 2.24) is 5.32 Å². The molecule has 0 heterocycles. The fourth-order valence-electron chi connectivity index (χ4n) is 2.00. The minimum Gasteiger partial charge on any atom is -0.482 e. The van der Waals surface area contributed by atoms with Gasteiger partial charge in [-0.05, 0) is 17.2 Å². The van der Waals surface area contributed by atoms with Crippen molar-refractivity contribution in [2.24, 2.45) is 0 Å². The van der Waals surface area contributed by atoms with Gasteiger partial charge in [-0.15, -0.1) is 0 Å². The average Bonchev–Trinajstić information content (AvgIpc) is 2.59. The van der Waals surface area contributed by atoms with Crippen LogP contribution in [0.2, 0.25) is 0 Å². The van der Waals surface area contributed by atoms with Gasteiger partial charge in [0.2, 0.25) is 0 Å². The molecule has 0 aliphatic rings. The number of esters is 1. The van der Waals surface area contributed by atoms with Gasteiger partial charge in [0.1, 0.15) is 5.75 Å². The third-order valence-corrected chi connectivity index (χ3v) is 3.20. The number of carbonyl (C=O) groups is 2. The lowest BCUT2D eigenvalue weighted by atomic mass is 10.0. The Labute approximate surface area is 135 Å². The standard InChI is InChI=1S/C18H19NO4/c1-19-17(20)12-23-18(21)13-22-16-10-6-5-9-15(16)11-14-7-3-2-4-8-14/h2-10H,11-13H2,1H3,(H,19,20). The van der Waals surface area contributed by atoms with Crippen LogP contribution < -0.4 is 10.1 Å². The molecule has 0 fully saturated rings. The maximum atomic E-state index is 11.6. The first-order valence-corrected chi connectivity index (χ1v) is 7.30. The van der Waals surface area contributed by atoms with E-state index >= 15 is 0 Å². The molecule has 0 radical (unpaired) electrons. The molecule has 0 saturated heterocycles. The number of nitrogens with one attached hydrogen (secondary N) is 1. The van der Waals surface area contributed by atoms with E-state index in [4.69, 9.17) is 9.47 Å². The van der Waals surface area contributed by atoms with E-state index in [-0.39, 0.29) is 19.1 Å². The van der Waals surface area contributed by atoms with Crippen molar-refractivity contribution in [2.45, 2.75) is 6.42 Å². The van der Waals surface area contributed by atoms with Crippen molar-refractivity contribution < 1.29 is 19.1 Å². The number of carbonyl (C=O) groups excluding carboxylic acids is 2. The Hall–Kier alpha value is -2.82. The van der Waals surface area contributed by atoms with Gasteiger partial charge in [-0.3, -0.25) is 4.79 Å². The second kappa shape index (κ2) is 8.58. The van der Waals surface area contributed by atoms with Gasteiger partial charge in [0.15, 0.2) is 13.2 Å². The number of ether oxygens (including phenoxy) is 2. The summed E-state index contributed by atoms with van der Waals surface area (Å²) in [5.74, 6) is -0.306. The predicted octanol–water partition coefficient (Wildman–Crippen LogP) is 1.95. The van der Waals surface area contributed by atoms with Crippen LogP contribution in [0.25, 0.3) is 0 Å². The van der Waals surface area contributed by atoms with Crippen LogP contribution in [0.15, 0.2) is 54.6 Å². The van der Waals surface area contributed by atoms with Gasteiger partial charge in [0.05, 0.1) is 0 Å². The first kappa shape index (κ1) is 16.5. The molecule has 2 aromatic carbocycles. The van der Waals surface area contributed by atoms with E-state index in [9.17, 15) is 9.59 Å². The van der Waals surface area contributed by atoms with Crippen LogP contribution >= 0.6 is 0 Å². The average molecular weight is 313 g/mol. The zero-order valence-electron chi connectivity index (χ0n) is 13.0. The van der Waals surface area contributed by atoms with Crippen molar-refractivity contribution in [3.05, 3.63) is 65.7 Å². The first-order chi connectivity index (χ1) is 11.2. The van der Waals surface area contributed by atoms with Crippen molar-refractivity contribution in [1.29, 1.82) is 0 Å². The smallest absolute Gasteiger partial charge is 0.344 e. The SMILES string of the molecule is CNC(=O)COC(=O)COc1ccccc1Cc1ccccc1. The molecular weight excluding hydrogens is 294 g/mol. The number of hydrogen-bond acceptors (Lipinski definition) is 4. The highest BCUT2D eigenvalue weighted by Gasteiger charge is 2.09. The molecule has 5 nitrogen and oxygen atoms in total. The summed E-state index contributed by atoms with van der Waals surface area (Å²) in [6.45, 7) is -0.535. The molecule has 23 heavy (non-hydrogen) atoms. The molecule has 0 spiro atoms. The van der Waals surface area contributed by atoms with Crippen molar-refractivity contribution in [2.75, 3.05) is 20.3 Å². The third-order valence-electron chi connectivity index (χ3n) is 3.20. The molecule has 0 aromatic heterocycles. The van der Waals surface area contributed by atoms with E-state index in [2.05, 4.69) is 5.32 Å². The van der Waals surface area contributed by atoms with Gasteiger partial charge in [-0.1, -0.05) is 48.5 Å². The summed E-state index contributed by atoms with van der Waals surface area (Å²) in [5, 5.41) is 2.37. The fourth-order valence-corrected chi connectivity index (χ4v) is 2.00. The molecule has 2 rings (SSSR count). The van der Waals surface area contributed by atoms with E-state index in [0.29, 0.717) is 12.2 Å². The Morgan fingerprint density at radius 3 is 2.39 bits per heavy atom. The predicted molar refractivity (Wildman–Crippen MR) is 86.2 cm³/mol. The van der Waals surface area contributed by atoms with Gasteiger partial charge in [-0.25, -0.2) is 4.79 Å². The summed E-state index contributed by atoms with van der Waals surface area (Å²) >= 11 is 0. The third kappa shape index (κ3) is 5.47. The van der Waals surface area contributed by atoms with Crippen molar-refractivity contribution in [3.8, 4) is 5.75 Å². The van der Waals surface area contributed by atoms with Crippen molar-refractivity contribution in [3.63, 3.8) is 0 Å². The van der Waals surface area contributed by atoms with Crippen LogP contribution in [-0.2, 0) is 20.7 Å². The molecule has 5 heteroatoms. The second-order valence-corrected chi connectivity index (χ2v) is 4.89. The first-order valence-electron chi connectivity index (χ1n) is 7.30. The van der Waals surface area contributed by atoms with Crippen LogP contribution in [0, 0.1) is 0 Å². The molecule has 2 aromatic rings. The zero-order chi connectivity index (χ0) is 16.5. The highest BCUT2D eigenvalue weighted by molar-refractivity contribution is 5.80. The maximum absolute atomic E-state index is 11.6. The minimum absolute atomic E-state index is 0.233. The Balaban J connectivity index is 1.93. The van der Waals surface area contributed by atoms with Crippen LogP contribution in [0.4, 0.5) is 0 Å². The lowest BCUT2D eigenvalue weighted by Crippen LogP contribution is -2.26. The Kier molecular flexibility index (Phi) is 6.17. The van der Waals surface area contributed by atoms with E-state index in [1.54, 1.807) is 0 Å². The number of rotatable bonds is 7. The summed E-state index contributed by atoms with van der Waals surface area (Å²) in [6, 6.07) is 17.5. The maximum Gasteiger partial charge on any atom is 0.344 e. The van der Waals surface area contributed by atoms with Crippen LogP contribution in [0.3, 0.4) is 0 Å². The summed E-state index contributed by atoms with van der Waals surface area (Å²) in [7, 11) is 1.48. The minimum atomic E-state index is -0.580. The number of likely N-dealkylation sites (N-methyl/N-ethyl adjacent to an activating group) is 1. The lowest BCUT2D eigenvalue weighted by molar-refractivity contribution is -0.150. The molecular formula is C18H19NO4. The highest BCUT2D eigenvalue weighted by atomic mass is 16.6. The van der Waals surface area contributed by atoms with Gasteiger partial charge < -0.3 is 14.8 Å². The number of amides is 1. The molecule has 1 N–H and O–H groups in total. The summed E-state index contributed by atoms with van der Waals surface area (Å²) in [6.07, 6.45) is 0.713. The molecule has 120 valence electrons. The Morgan fingerprint density at radius 1 is 0.957 bits per heavy atom. The zero-order valence-corrected chi connectivity index (χ0v) is 13.0. The molecule has 0 bridgehead atoms. The number of para-hydroxylation sites is 1. The molecule has 0 aliphatic heterocycles. The highest BCUT2D eigenvalue weighted by Crippen LogP contribution is 2.21. The Bertz CT molecular complexity index is 655. The fraction of sp³-hybridized carbons (Fsp3) is 0.222. The van der Waals surface area contributed by atoms with E-state index < -0.39 is 5.97 Å². The lowest BCUT2D eigenvalue weighted by Gasteiger charge is -2.11. The van der Waals surface area contributed by atoms with E-state index in [1.807, 2.05) is 54.6 Å². The van der Waals surface area contributed by atoms with Gasteiger partial charge in [0, 0.05) is 13.5 Å². The van der Waals surface area contributed by atoms with E-state index in [1.165, 1.54) is 7.05 Å². The van der Waals surface area contributed by atoms with Crippen LogP contribution in [0.1, 0.15) is 11.1 Å². The van der Waals surface area contributed by atoms with Gasteiger partial charge >= 0.3 is 5.97 Å². The number of hydrogen-bond donors (Lipinski definition) is 1. The van der Waals surface area contributed by atoms with Crippen LogP contribution in [0.5, 0.6) is 5.75 Å². The van der Waals surface area contributed by atoms with Gasteiger partial charge in [0.25, 0.3) is 5.91 Å². The van der Waals surface area contributed by atoms with Crippen molar-refractivity contribution >= 4 is 11.9 Å². The topological polar surface area (TPSA) is 64.6 Å². The molecule has 0 unspecified atom stereocenters. The largest absolute Gasteiger partial charge is 0.482 e.